The molecule has 0 aliphatic rings. The Kier molecular flexibility index (Phi) is 5.43. The van der Waals surface area contributed by atoms with Crippen LogP contribution in [0.15, 0.2) is 41.8 Å². The van der Waals surface area contributed by atoms with Crippen LogP contribution in [0.4, 0.5) is 5.69 Å². The van der Waals surface area contributed by atoms with E-state index in [0.717, 1.165) is 26.2 Å². The summed E-state index contributed by atoms with van der Waals surface area (Å²) >= 11 is 1.83. The van der Waals surface area contributed by atoms with E-state index in [4.69, 9.17) is 0 Å². The maximum atomic E-state index is 2.37. The summed E-state index contributed by atoms with van der Waals surface area (Å²) < 4.78 is 0. The molecule has 0 saturated heterocycles. The molecule has 0 fully saturated rings. The van der Waals surface area contributed by atoms with Crippen LogP contribution in [-0.4, -0.2) is 13.1 Å². The van der Waals surface area contributed by atoms with E-state index in [9.17, 15) is 0 Å². The van der Waals surface area contributed by atoms with Crippen LogP contribution in [-0.2, 0) is 13.1 Å². The first kappa shape index (κ1) is 14.1. The van der Waals surface area contributed by atoms with Crippen molar-refractivity contribution in [3.63, 3.8) is 0 Å². The smallest absolute Gasteiger partial charge is 0.111 e. The van der Waals surface area contributed by atoms with Crippen molar-refractivity contribution in [2.45, 2.75) is 26.9 Å². The summed E-state index contributed by atoms with van der Waals surface area (Å²) in [6.07, 6.45) is 0. The molecule has 0 spiro atoms. The lowest BCUT2D eigenvalue weighted by Gasteiger charge is -2.20. The zero-order valence-electron chi connectivity index (χ0n) is 11.8. The van der Waals surface area contributed by atoms with Gasteiger partial charge in [-0.1, -0.05) is 18.2 Å². The fourth-order valence-corrected chi connectivity index (χ4v) is 2.94. The SMILES string of the molecule is CCN(CC)c1ccc(C[NH2+]Cc2cccs2)cc1. The molecule has 2 N–H and O–H groups in total. The van der Waals surface area contributed by atoms with Crippen molar-refractivity contribution in [2.75, 3.05) is 18.0 Å². The van der Waals surface area contributed by atoms with Gasteiger partial charge in [-0.15, -0.1) is 11.3 Å². The van der Waals surface area contributed by atoms with Crippen molar-refractivity contribution in [2.24, 2.45) is 0 Å². The number of nitrogens with two attached hydrogens (primary N) is 1. The number of nitrogens with zero attached hydrogens (tertiary/aromatic N) is 1. The number of quaternary nitrogens is 1. The van der Waals surface area contributed by atoms with E-state index in [0.29, 0.717) is 0 Å². The summed E-state index contributed by atoms with van der Waals surface area (Å²) in [7, 11) is 0. The van der Waals surface area contributed by atoms with E-state index in [-0.39, 0.29) is 0 Å². The molecule has 19 heavy (non-hydrogen) atoms. The molecule has 1 heterocycles. The van der Waals surface area contributed by atoms with Crippen LogP contribution < -0.4 is 10.2 Å². The van der Waals surface area contributed by atoms with Gasteiger partial charge in [-0.05, 0) is 37.4 Å². The molecule has 1 aromatic carbocycles. The van der Waals surface area contributed by atoms with E-state index in [1.807, 2.05) is 11.3 Å². The first-order valence-electron chi connectivity index (χ1n) is 7.01. The van der Waals surface area contributed by atoms with Crippen LogP contribution in [0.25, 0.3) is 0 Å². The number of benzene rings is 1. The number of anilines is 1. The first-order chi connectivity index (χ1) is 9.33. The van der Waals surface area contributed by atoms with Crippen molar-refractivity contribution in [1.82, 2.24) is 0 Å². The van der Waals surface area contributed by atoms with Gasteiger partial charge >= 0.3 is 0 Å². The largest absolute Gasteiger partial charge is 0.372 e. The minimum Gasteiger partial charge on any atom is -0.372 e. The summed E-state index contributed by atoms with van der Waals surface area (Å²) in [6.45, 7) is 8.67. The number of hydrogen-bond acceptors (Lipinski definition) is 2. The van der Waals surface area contributed by atoms with E-state index >= 15 is 0 Å². The van der Waals surface area contributed by atoms with E-state index < -0.39 is 0 Å². The van der Waals surface area contributed by atoms with Gasteiger partial charge in [0.15, 0.2) is 0 Å². The Labute approximate surface area is 120 Å². The molecule has 0 atom stereocenters. The Balaban J connectivity index is 1.84. The molecule has 0 aliphatic carbocycles. The van der Waals surface area contributed by atoms with Crippen molar-refractivity contribution in [1.29, 1.82) is 0 Å². The van der Waals surface area contributed by atoms with Crippen molar-refractivity contribution >= 4 is 17.0 Å². The van der Waals surface area contributed by atoms with Gasteiger partial charge in [-0.25, -0.2) is 0 Å². The molecule has 2 rings (SSSR count). The van der Waals surface area contributed by atoms with Crippen molar-refractivity contribution in [3.05, 3.63) is 52.2 Å². The minimum atomic E-state index is 1.05. The third-order valence-corrected chi connectivity index (χ3v) is 4.27. The molecule has 1 aromatic heterocycles. The van der Waals surface area contributed by atoms with Crippen LogP contribution in [0.1, 0.15) is 24.3 Å². The molecule has 2 aromatic rings. The summed E-state index contributed by atoms with van der Waals surface area (Å²) in [5, 5.41) is 4.50. The zero-order valence-corrected chi connectivity index (χ0v) is 12.6. The molecule has 0 unspecified atom stereocenters. The van der Waals surface area contributed by atoms with Crippen molar-refractivity contribution < 1.29 is 5.32 Å². The third-order valence-electron chi connectivity index (χ3n) is 3.37. The molecule has 0 bridgehead atoms. The zero-order chi connectivity index (χ0) is 13.5. The highest BCUT2D eigenvalue weighted by molar-refractivity contribution is 7.09. The topological polar surface area (TPSA) is 19.9 Å². The highest BCUT2D eigenvalue weighted by Gasteiger charge is 2.02. The minimum absolute atomic E-state index is 1.05. The van der Waals surface area contributed by atoms with Gasteiger partial charge in [-0.2, -0.15) is 0 Å². The van der Waals surface area contributed by atoms with Crippen LogP contribution in [0.5, 0.6) is 0 Å². The third kappa shape index (κ3) is 4.08. The van der Waals surface area contributed by atoms with Crippen LogP contribution >= 0.6 is 11.3 Å². The summed E-state index contributed by atoms with van der Waals surface area (Å²) in [5.41, 5.74) is 2.72. The fourth-order valence-electron chi connectivity index (χ4n) is 2.24. The van der Waals surface area contributed by atoms with E-state index in [1.165, 1.54) is 16.1 Å². The lowest BCUT2D eigenvalue weighted by molar-refractivity contribution is -0.685. The number of hydrogen-bond donors (Lipinski definition) is 1. The maximum Gasteiger partial charge on any atom is 0.111 e. The predicted molar refractivity (Wildman–Crippen MR) is 83.7 cm³/mol. The van der Waals surface area contributed by atoms with Gasteiger partial charge in [0.2, 0.25) is 0 Å². The lowest BCUT2D eigenvalue weighted by atomic mass is 10.2. The summed E-state index contributed by atoms with van der Waals surface area (Å²) in [5.74, 6) is 0. The standard InChI is InChI=1S/C16H22N2S/c1-3-18(4-2)15-9-7-14(8-10-15)12-17-13-16-6-5-11-19-16/h5-11,17H,3-4,12-13H2,1-2H3/p+1. The van der Waals surface area contributed by atoms with Crippen LogP contribution in [0.3, 0.4) is 0 Å². The lowest BCUT2D eigenvalue weighted by Crippen LogP contribution is -2.80. The molecule has 102 valence electrons. The van der Waals surface area contributed by atoms with Gasteiger partial charge < -0.3 is 10.2 Å². The first-order valence-corrected chi connectivity index (χ1v) is 7.89. The molecule has 0 amide bonds. The van der Waals surface area contributed by atoms with Crippen molar-refractivity contribution in [3.8, 4) is 0 Å². The molecule has 2 nitrogen and oxygen atoms in total. The summed E-state index contributed by atoms with van der Waals surface area (Å²) in [6, 6.07) is 13.3. The van der Waals surface area contributed by atoms with Gasteiger partial charge in [-0.3, -0.25) is 0 Å². The maximum absolute atomic E-state index is 2.37. The monoisotopic (exact) mass is 275 g/mol. The van der Waals surface area contributed by atoms with Crippen LogP contribution in [0.2, 0.25) is 0 Å². The van der Waals surface area contributed by atoms with Gasteiger partial charge in [0, 0.05) is 24.3 Å². The summed E-state index contributed by atoms with van der Waals surface area (Å²) in [4.78, 5) is 3.82. The normalized spacial score (nSPS) is 10.6. The Bertz CT molecular complexity index is 458. The second-order valence-electron chi connectivity index (χ2n) is 4.62. The number of thiophene rings is 1. The molecule has 0 saturated carbocycles. The number of rotatable bonds is 7. The van der Waals surface area contributed by atoms with Crippen LogP contribution in [0, 0.1) is 0 Å². The average Bonchev–Trinajstić information content (AvgIpc) is 2.95. The van der Waals surface area contributed by atoms with Gasteiger partial charge in [0.1, 0.15) is 13.1 Å². The average molecular weight is 275 g/mol. The second-order valence-corrected chi connectivity index (χ2v) is 5.65. The van der Waals surface area contributed by atoms with E-state index in [2.05, 4.69) is 65.8 Å². The molecule has 3 heteroatoms. The molecule has 0 aliphatic heterocycles. The van der Waals surface area contributed by atoms with Gasteiger partial charge in [0.05, 0.1) is 4.88 Å². The van der Waals surface area contributed by atoms with Gasteiger partial charge in [0.25, 0.3) is 0 Å². The predicted octanol–water partition coefficient (Wildman–Crippen LogP) is 2.86. The highest BCUT2D eigenvalue weighted by atomic mass is 32.1. The highest BCUT2D eigenvalue weighted by Crippen LogP contribution is 2.14. The van der Waals surface area contributed by atoms with E-state index in [1.54, 1.807) is 0 Å². The molecular weight excluding hydrogens is 252 g/mol. The second kappa shape index (κ2) is 7.31. The quantitative estimate of drug-likeness (QED) is 0.823. The Hall–Kier alpha value is -1.32. The molecular formula is C16H23N2S+. The Morgan fingerprint density at radius 2 is 1.74 bits per heavy atom. The fraction of sp³-hybridized carbons (Fsp3) is 0.375. The Morgan fingerprint density at radius 1 is 1.00 bits per heavy atom. The Morgan fingerprint density at radius 3 is 2.32 bits per heavy atom. The molecule has 0 radical (unpaired) electrons.